The molecule has 0 spiro atoms. The molecule has 0 N–H and O–H groups in total. The van der Waals surface area contributed by atoms with Crippen LogP contribution in [0.25, 0.3) is 0 Å². The lowest BCUT2D eigenvalue weighted by molar-refractivity contribution is -0.135. The number of amides is 1. The number of likely N-dealkylation sites (tertiary alicyclic amines) is 1. The summed E-state index contributed by atoms with van der Waals surface area (Å²) in [5, 5.41) is 0. The van der Waals surface area contributed by atoms with E-state index in [1.807, 2.05) is 18.3 Å². The number of hydrogen-bond donors (Lipinski definition) is 0. The van der Waals surface area contributed by atoms with Crippen molar-refractivity contribution in [2.24, 2.45) is 17.8 Å². The van der Waals surface area contributed by atoms with Crippen molar-refractivity contribution in [1.82, 2.24) is 19.7 Å². The summed E-state index contributed by atoms with van der Waals surface area (Å²) in [7, 11) is 0. The van der Waals surface area contributed by atoms with E-state index in [0.717, 1.165) is 51.5 Å². The Morgan fingerprint density at radius 3 is 2.50 bits per heavy atom. The summed E-state index contributed by atoms with van der Waals surface area (Å²) >= 11 is 0. The molecular weight excluding hydrogens is 300 g/mol. The van der Waals surface area contributed by atoms with E-state index >= 15 is 0 Å². The molecule has 2 saturated heterocycles. The minimum Gasteiger partial charge on any atom is -0.340 e. The van der Waals surface area contributed by atoms with Crippen LogP contribution in [0.3, 0.4) is 0 Å². The van der Waals surface area contributed by atoms with Crippen molar-refractivity contribution in [2.45, 2.75) is 19.9 Å². The highest BCUT2D eigenvalue weighted by atomic mass is 16.2. The number of carbonyl (C=O) groups is 1. The Hall–Kier alpha value is -1.46. The van der Waals surface area contributed by atoms with Crippen molar-refractivity contribution >= 4 is 5.91 Å². The van der Waals surface area contributed by atoms with Crippen LogP contribution in [0, 0.1) is 17.8 Å². The molecule has 3 heterocycles. The molecule has 1 aromatic rings. The molecule has 1 amide bonds. The van der Waals surface area contributed by atoms with E-state index in [9.17, 15) is 4.79 Å². The molecule has 24 heavy (non-hydrogen) atoms. The van der Waals surface area contributed by atoms with Crippen molar-refractivity contribution in [3.63, 3.8) is 0 Å². The fourth-order valence-corrected chi connectivity index (χ4v) is 4.55. The Balaban J connectivity index is 1.24. The lowest BCUT2D eigenvalue weighted by Gasteiger charge is -2.35. The van der Waals surface area contributed by atoms with Crippen molar-refractivity contribution in [3.8, 4) is 0 Å². The molecule has 2 aliphatic heterocycles. The van der Waals surface area contributed by atoms with Crippen molar-refractivity contribution in [2.75, 3.05) is 45.8 Å². The summed E-state index contributed by atoms with van der Waals surface area (Å²) in [5.74, 6) is 1.92. The average Bonchev–Trinajstić information content (AvgIpc) is 3.11. The lowest BCUT2D eigenvalue weighted by atomic mass is 10.2. The number of nitrogens with zero attached hydrogens (tertiary/aromatic N) is 4. The molecule has 0 aromatic carbocycles. The number of piperazine rings is 1. The minimum atomic E-state index is 0.308. The molecule has 3 fully saturated rings. The molecule has 130 valence electrons. The van der Waals surface area contributed by atoms with Gasteiger partial charge >= 0.3 is 0 Å². The summed E-state index contributed by atoms with van der Waals surface area (Å²) in [5.41, 5.74) is 1.13. The quantitative estimate of drug-likeness (QED) is 0.817. The first-order chi connectivity index (χ1) is 11.8. The lowest BCUT2D eigenvalue weighted by Crippen LogP contribution is -2.49. The number of carbonyl (C=O) groups excluding carboxylic acids is 1. The van der Waals surface area contributed by atoms with Crippen molar-refractivity contribution in [3.05, 3.63) is 30.1 Å². The maximum atomic E-state index is 12.8. The van der Waals surface area contributed by atoms with Gasteiger partial charge in [0.15, 0.2) is 0 Å². The van der Waals surface area contributed by atoms with Gasteiger partial charge in [0.2, 0.25) is 5.91 Å². The third-order valence-corrected chi connectivity index (χ3v) is 5.89. The Labute approximate surface area is 144 Å². The topological polar surface area (TPSA) is 39.7 Å². The summed E-state index contributed by atoms with van der Waals surface area (Å²) in [6.07, 6.45) is 3.06. The van der Waals surface area contributed by atoms with Crippen molar-refractivity contribution < 1.29 is 4.79 Å². The van der Waals surface area contributed by atoms with Crippen molar-refractivity contribution in [1.29, 1.82) is 0 Å². The fraction of sp³-hybridized carbons (Fsp3) is 0.684. The SMILES string of the molecule is CCCN1CCN(C(=O)C2[C@H]3CN(Cc4ccccn4)C[C@@H]23)CC1. The van der Waals surface area contributed by atoms with Gasteiger partial charge in [-0.3, -0.25) is 19.6 Å². The van der Waals surface area contributed by atoms with Gasteiger partial charge in [0.1, 0.15) is 0 Å². The number of fused-ring (bicyclic) bond motifs is 1. The number of hydrogen-bond acceptors (Lipinski definition) is 4. The van der Waals surface area contributed by atoms with Gasteiger partial charge in [-0.25, -0.2) is 0 Å². The summed E-state index contributed by atoms with van der Waals surface area (Å²) in [6, 6.07) is 6.09. The van der Waals surface area contributed by atoms with Gasteiger partial charge < -0.3 is 4.90 Å². The van der Waals surface area contributed by atoms with Crippen LogP contribution in [0.2, 0.25) is 0 Å². The fourth-order valence-electron chi connectivity index (χ4n) is 4.55. The highest BCUT2D eigenvalue weighted by Gasteiger charge is 2.60. The predicted molar refractivity (Wildman–Crippen MR) is 93.3 cm³/mol. The number of piperidine rings is 1. The minimum absolute atomic E-state index is 0.308. The number of rotatable bonds is 5. The second kappa shape index (κ2) is 6.81. The van der Waals surface area contributed by atoms with Gasteiger partial charge in [-0.15, -0.1) is 0 Å². The summed E-state index contributed by atoms with van der Waals surface area (Å²) in [4.78, 5) is 24.3. The van der Waals surface area contributed by atoms with Crippen LogP contribution in [0.15, 0.2) is 24.4 Å². The van der Waals surface area contributed by atoms with E-state index in [1.165, 1.54) is 13.0 Å². The Bertz CT molecular complexity index is 558. The van der Waals surface area contributed by atoms with Gasteiger partial charge in [0, 0.05) is 57.9 Å². The monoisotopic (exact) mass is 328 g/mol. The maximum Gasteiger partial charge on any atom is 0.226 e. The van der Waals surface area contributed by atoms with E-state index in [1.54, 1.807) is 0 Å². The largest absolute Gasteiger partial charge is 0.340 e. The zero-order valence-electron chi connectivity index (χ0n) is 14.6. The molecule has 4 rings (SSSR count). The zero-order valence-corrected chi connectivity index (χ0v) is 14.6. The molecule has 1 unspecified atom stereocenters. The first kappa shape index (κ1) is 16.0. The van der Waals surface area contributed by atoms with Gasteiger partial charge in [0.25, 0.3) is 0 Å². The molecule has 5 heteroatoms. The highest BCUT2D eigenvalue weighted by Crippen LogP contribution is 2.52. The van der Waals surface area contributed by atoms with Crippen LogP contribution in [0.4, 0.5) is 0 Å². The van der Waals surface area contributed by atoms with E-state index in [2.05, 4.69) is 32.7 Å². The third kappa shape index (κ3) is 3.20. The van der Waals surface area contributed by atoms with Crippen LogP contribution >= 0.6 is 0 Å². The number of pyridine rings is 1. The second-order valence-electron chi connectivity index (χ2n) is 7.54. The highest BCUT2D eigenvalue weighted by molar-refractivity contribution is 5.82. The molecular formula is C19H28N4O. The zero-order chi connectivity index (χ0) is 16.5. The van der Waals surface area contributed by atoms with E-state index in [0.29, 0.717) is 23.7 Å². The second-order valence-corrected chi connectivity index (χ2v) is 7.54. The van der Waals surface area contributed by atoms with Crippen LogP contribution in [0.1, 0.15) is 19.0 Å². The molecule has 1 saturated carbocycles. The Kier molecular flexibility index (Phi) is 4.55. The van der Waals surface area contributed by atoms with E-state index in [-0.39, 0.29) is 0 Å². The first-order valence-corrected chi connectivity index (χ1v) is 9.39. The van der Waals surface area contributed by atoms with Crippen LogP contribution in [-0.2, 0) is 11.3 Å². The molecule has 1 aliphatic carbocycles. The molecule has 1 aromatic heterocycles. The molecule has 3 aliphatic rings. The molecule has 0 bridgehead atoms. The standard InChI is InChI=1S/C19H28N4O/c1-2-7-21-8-10-23(11-9-21)19(24)18-16-13-22(14-17(16)18)12-15-5-3-4-6-20-15/h3-6,16-18H,2,7-14H2,1H3/t16-,17+,18?. The number of aromatic nitrogens is 1. The smallest absolute Gasteiger partial charge is 0.226 e. The van der Waals surface area contributed by atoms with Gasteiger partial charge in [-0.05, 0) is 36.9 Å². The molecule has 0 radical (unpaired) electrons. The summed E-state index contributed by atoms with van der Waals surface area (Å²) < 4.78 is 0. The van der Waals surface area contributed by atoms with E-state index < -0.39 is 0 Å². The van der Waals surface area contributed by atoms with Gasteiger partial charge in [-0.2, -0.15) is 0 Å². The Morgan fingerprint density at radius 2 is 1.88 bits per heavy atom. The van der Waals surface area contributed by atoms with Gasteiger partial charge in [0.05, 0.1) is 5.69 Å². The van der Waals surface area contributed by atoms with Crippen LogP contribution in [-0.4, -0.2) is 71.4 Å². The summed E-state index contributed by atoms with van der Waals surface area (Å²) in [6.45, 7) is 10.4. The van der Waals surface area contributed by atoms with Gasteiger partial charge in [-0.1, -0.05) is 13.0 Å². The van der Waals surface area contributed by atoms with Crippen LogP contribution in [0.5, 0.6) is 0 Å². The average molecular weight is 328 g/mol. The third-order valence-electron chi connectivity index (χ3n) is 5.89. The normalized spacial score (nSPS) is 30.4. The molecule has 3 atom stereocenters. The first-order valence-electron chi connectivity index (χ1n) is 9.39. The molecule has 5 nitrogen and oxygen atoms in total. The van der Waals surface area contributed by atoms with Crippen LogP contribution < -0.4 is 0 Å². The predicted octanol–water partition coefficient (Wildman–Crippen LogP) is 1.31. The Morgan fingerprint density at radius 1 is 1.12 bits per heavy atom. The van der Waals surface area contributed by atoms with E-state index in [4.69, 9.17) is 0 Å². The maximum absolute atomic E-state index is 12.8.